The molecule has 0 amide bonds. The van der Waals surface area contributed by atoms with Gasteiger partial charge in [-0.25, -0.2) is 0 Å². The van der Waals surface area contributed by atoms with Gasteiger partial charge in [-0.15, -0.1) is 11.8 Å². The molecule has 2 N–H and O–H groups in total. The molecule has 3 heteroatoms. The fourth-order valence-corrected chi connectivity index (χ4v) is 3.17. The predicted molar refractivity (Wildman–Crippen MR) is 45.0 cm³/mol. The summed E-state index contributed by atoms with van der Waals surface area (Å²) in [6.07, 6.45) is 1.35. The quantitative estimate of drug-likeness (QED) is 0.596. The SMILES string of the molecule is NC[C@H]1C[C@@H]2CSCN2C1. The van der Waals surface area contributed by atoms with Crippen molar-refractivity contribution in [3.63, 3.8) is 0 Å². The molecule has 0 unspecified atom stereocenters. The Morgan fingerprint density at radius 1 is 1.60 bits per heavy atom. The molecule has 0 saturated carbocycles. The molecular formula is C7H14N2S. The van der Waals surface area contributed by atoms with Gasteiger partial charge in [-0.05, 0) is 18.9 Å². The molecule has 2 rings (SSSR count). The molecule has 2 aliphatic heterocycles. The van der Waals surface area contributed by atoms with E-state index in [0.717, 1.165) is 18.5 Å². The molecule has 0 radical (unpaired) electrons. The molecule has 2 fully saturated rings. The van der Waals surface area contributed by atoms with Crippen LogP contribution in [0.4, 0.5) is 0 Å². The van der Waals surface area contributed by atoms with Gasteiger partial charge in [0, 0.05) is 24.2 Å². The lowest BCUT2D eigenvalue weighted by molar-refractivity contribution is 0.332. The maximum absolute atomic E-state index is 5.60. The Balaban J connectivity index is 1.94. The molecule has 10 heavy (non-hydrogen) atoms. The number of nitrogens with two attached hydrogens (primary N) is 1. The smallest absolute Gasteiger partial charge is 0.0448 e. The average Bonchev–Trinajstić information content (AvgIpc) is 2.42. The van der Waals surface area contributed by atoms with E-state index in [4.69, 9.17) is 5.73 Å². The Labute approximate surface area is 66.1 Å². The molecule has 0 spiro atoms. The molecule has 0 aromatic carbocycles. The summed E-state index contributed by atoms with van der Waals surface area (Å²) in [5.41, 5.74) is 5.60. The van der Waals surface area contributed by atoms with Crippen LogP contribution in [0.3, 0.4) is 0 Å². The molecule has 2 heterocycles. The van der Waals surface area contributed by atoms with Crippen LogP contribution >= 0.6 is 11.8 Å². The summed E-state index contributed by atoms with van der Waals surface area (Å²) >= 11 is 2.06. The lowest BCUT2D eigenvalue weighted by Crippen LogP contribution is -2.24. The number of rotatable bonds is 1. The Kier molecular flexibility index (Phi) is 1.89. The highest BCUT2D eigenvalue weighted by atomic mass is 32.2. The van der Waals surface area contributed by atoms with Crippen molar-refractivity contribution in [3.05, 3.63) is 0 Å². The van der Waals surface area contributed by atoms with Crippen molar-refractivity contribution < 1.29 is 0 Å². The standard InChI is InChI=1S/C7H14N2S/c8-2-6-1-7-4-10-5-9(7)3-6/h6-7H,1-5,8H2/t6-,7-/m1/s1. The largest absolute Gasteiger partial charge is 0.330 e. The van der Waals surface area contributed by atoms with E-state index in [0.29, 0.717) is 0 Å². The van der Waals surface area contributed by atoms with Crippen molar-refractivity contribution in [1.29, 1.82) is 0 Å². The van der Waals surface area contributed by atoms with Crippen molar-refractivity contribution in [2.75, 3.05) is 24.7 Å². The van der Waals surface area contributed by atoms with E-state index in [9.17, 15) is 0 Å². The van der Waals surface area contributed by atoms with Crippen LogP contribution in [0.2, 0.25) is 0 Å². The molecular weight excluding hydrogens is 144 g/mol. The summed E-state index contributed by atoms with van der Waals surface area (Å²) in [4.78, 5) is 2.57. The van der Waals surface area contributed by atoms with Crippen LogP contribution in [0.25, 0.3) is 0 Å². The molecule has 2 aliphatic rings. The van der Waals surface area contributed by atoms with Crippen LogP contribution in [0.1, 0.15) is 6.42 Å². The van der Waals surface area contributed by atoms with Gasteiger partial charge >= 0.3 is 0 Å². The molecule has 0 aliphatic carbocycles. The van der Waals surface area contributed by atoms with E-state index in [2.05, 4.69) is 16.7 Å². The number of hydrogen-bond donors (Lipinski definition) is 1. The fourth-order valence-electron chi connectivity index (χ4n) is 1.90. The third-order valence-corrected chi connectivity index (χ3v) is 3.65. The topological polar surface area (TPSA) is 29.3 Å². The van der Waals surface area contributed by atoms with Gasteiger partial charge in [0.25, 0.3) is 0 Å². The highest BCUT2D eigenvalue weighted by Gasteiger charge is 2.34. The first-order chi connectivity index (χ1) is 4.90. The number of thioether (sulfide) groups is 1. The van der Waals surface area contributed by atoms with Gasteiger partial charge in [0.15, 0.2) is 0 Å². The Morgan fingerprint density at radius 3 is 3.20 bits per heavy atom. The van der Waals surface area contributed by atoms with Gasteiger partial charge in [-0.1, -0.05) is 0 Å². The van der Waals surface area contributed by atoms with Crippen molar-refractivity contribution in [1.82, 2.24) is 4.90 Å². The normalized spacial score (nSPS) is 40.5. The van der Waals surface area contributed by atoms with Gasteiger partial charge in [0.1, 0.15) is 0 Å². The van der Waals surface area contributed by atoms with Crippen molar-refractivity contribution in [3.8, 4) is 0 Å². The maximum atomic E-state index is 5.60. The average molecular weight is 158 g/mol. The Morgan fingerprint density at radius 2 is 2.50 bits per heavy atom. The molecule has 2 saturated heterocycles. The zero-order valence-corrected chi connectivity index (χ0v) is 6.94. The molecule has 58 valence electrons. The monoisotopic (exact) mass is 158 g/mol. The lowest BCUT2D eigenvalue weighted by Gasteiger charge is -2.11. The van der Waals surface area contributed by atoms with Gasteiger partial charge in [0.2, 0.25) is 0 Å². The van der Waals surface area contributed by atoms with Crippen LogP contribution < -0.4 is 5.73 Å². The Hall–Kier alpha value is 0.270. The fraction of sp³-hybridized carbons (Fsp3) is 1.00. The van der Waals surface area contributed by atoms with Crippen molar-refractivity contribution in [2.24, 2.45) is 11.7 Å². The first-order valence-corrected chi connectivity index (χ1v) is 5.07. The highest BCUT2D eigenvalue weighted by molar-refractivity contribution is 7.99. The van der Waals surface area contributed by atoms with Gasteiger partial charge < -0.3 is 5.73 Å². The second-order valence-corrected chi connectivity index (χ2v) is 4.26. The van der Waals surface area contributed by atoms with Crippen molar-refractivity contribution >= 4 is 11.8 Å². The Bertz CT molecular complexity index is 117. The first kappa shape index (κ1) is 6.95. The van der Waals surface area contributed by atoms with Crippen molar-refractivity contribution in [2.45, 2.75) is 12.5 Å². The number of nitrogens with zero attached hydrogens (tertiary/aromatic N) is 1. The third kappa shape index (κ3) is 1.06. The molecule has 2 nitrogen and oxygen atoms in total. The lowest BCUT2D eigenvalue weighted by atomic mass is 10.1. The third-order valence-electron chi connectivity index (χ3n) is 2.52. The summed E-state index contributed by atoms with van der Waals surface area (Å²) in [6.45, 7) is 2.14. The minimum Gasteiger partial charge on any atom is -0.330 e. The number of hydrogen-bond acceptors (Lipinski definition) is 3. The summed E-state index contributed by atoms with van der Waals surface area (Å²) < 4.78 is 0. The van der Waals surface area contributed by atoms with E-state index in [1.165, 1.54) is 24.6 Å². The molecule has 0 bridgehead atoms. The van der Waals surface area contributed by atoms with Gasteiger partial charge in [0.05, 0.1) is 0 Å². The summed E-state index contributed by atoms with van der Waals surface area (Å²) in [5.74, 6) is 3.39. The molecule has 2 atom stereocenters. The minimum atomic E-state index is 0.797. The summed E-state index contributed by atoms with van der Waals surface area (Å²) in [5, 5.41) is 0. The van der Waals surface area contributed by atoms with Gasteiger partial charge in [-0.2, -0.15) is 0 Å². The zero-order valence-electron chi connectivity index (χ0n) is 6.12. The number of fused-ring (bicyclic) bond motifs is 1. The van der Waals surface area contributed by atoms with E-state index < -0.39 is 0 Å². The van der Waals surface area contributed by atoms with E-state index in [1.54, 1.807) is 0 Å². The van der Waals surface area contributed by atoms with Crippen LogP contribution in [0, 0.1) is 5.92 Å². The van der Waals surface area contributed by atoms with Gasteiger partial charge in [-0.3, -0.25) is 4.90 Å². The van der Waals surface area contributed by atoms with E-state index in [1.807, 2.05) is 0 Å². The highest BCUT2D eigenvalue weighted by Crippen LogP contribution is 2.31. The summed E-state index contributed by atoms with van der Waals surface area (Å²) in [7, 11) is 0. The second kappa shape index (κ2) is 2.72. The second-order valence-electron chi connectivity index (χ2n) is 3.26. The zero-order chi connectivity index (χ0) is 6.97. The minimum absolute atomic E-state index is 0.797. The van der Waals surface area contributed by atoms with E-state index in [-0.39, 0.29) is 0 Å². The molecule has 0 aromatic rings. The first-order valence-electron chi connectivity index (χ1n) is 3.92. The maximum Gasteiger partial charge on any atom is 0.0448 e. The van der Waals surface area contributed by atoms with Crippen LogP contribution in [0.15, 0.2) is 0 Å². The molecule has 0 aromatic heterocycles. The summed E-state index contributed by atoms with van der Waals surface area (Å²) in [6, 6.07) is 0.874. The van der Waals surface area contributed by atoms with E-state index >= 15 is 0 Å². The van der Waals surface area contributed by atoms with Crippen LogP contribution in [-0.4, -0.2) is 35.7 Å². The van der Waals surface area contributed by atoms with Crippen LogP contribution in [0.5, 0.6) is 0 Å². The predicted octanol–water partition coefficient (Wildman–Crippen LogP) is 0.340. The van der Waals surface area contributed by atoms with Crippen LogP contribution in [-0.2, 0) is 0 Å².